The topological polar surface area (TPSA) is 86.3 Å². The van der Waals surface area contributed by atoms with Crippen molar-refractivity contribution >= 4 is 11.6 Å². The van der Waals surface area contributed by atoms with Crippen LogP contribution >= 0.6 is 0 Å². The summed E-state index contributed by atoms with van der Waals surface area (Å²) in [4.78, 5) is 21.6. The number of nitrogens with one attached hydrogen (secondary N) is 1. The van der Waals surface area contributed by atoms with Crippen molar-refractivity contribution in [3.8, 4) is 5.75 Å². The number of carbonyl (C=O) groups is 1. The van der Waals surface area contributed by atoms with E-state index in [1.807, 2.05) is 77.5 Å². The Morgan fingerprint density at radius 3 is 2.73 bits per heavy atom. The molecule has 8 nitrogen and oxygen atoms in total. The Balaban J connectivity index is 1.28. The number of amides is 1. The van der Waals surface area contributed by atoms with E-state index in [0.717, 1.165) is 16.9 Å². The second-order valence-electron chi connectivity index (χ2n) is 7.57. The molecule has 3 heterocycles. The Morgan fingerprint density at radius 2 is 1.91 bits per heavy atom. The fraction of sp³-hybridized carbons (Fsp3) is 0.120. The maximum Gasteiger partial charge on any atom is 0.251 e. The van der Waals surface area contributed by atoms with Crippen LogP contribution in [0.25, 0.3) is 5.65 Å². The molecule has 0 radical (unpaired) electrons. The van der Waals surface area contributed by atoms with Gasteiger partial charge in [0, 0.05) is 18.0 Å². The zero-order valence-corrected chi connectivity index (χ0v) is 17.8. The molecule has 5 rings (SSSR count). The van der Waals surface area contributed by atoms with Gasteiger partial charge in [-0.15, -0.1) is 0 Å². The standard InChI is InChI=1S/C25H22N6O2/c32-25(29-23(15-31-18-26-17-27-31)19-7-2-1-3-8-19)20-9-6-10-22(13-20)33-16-21-14-30-12-5-4-11-24(30)28-21/h1-14,17-18,23H,15-16H2,(H,29,32). The molecular formula is C25H22N6O2. The first-order valence-corrected chi connectivity index (χ1v) is 10.6. The summed E-state index contributed by atoms with van der Waals surface area (Å²) in [5.41, 5.74) is 3.18. The van der Waals surface area contributed by atoms with Gasteiger partial charge in [-0.3, -0.25) is 9.48 Å². The molecule has 2 aromatic carbocycles. The van der Waals surface area contributed by atoms with Gasteiger partial charge in [-0.05, 0) is 35.9 Å². The lowest BCUT2D eigenvalue weighted by molar-refractivity contribution is 0.0931. The minimum absolute atomic E-state index is 0.192. The van der Waals surface area contributed by atoms with Gasteiger partial charge in [-0.2, -0.15) is 5.10 Å². The number of pyridine rings is 1. The van der Waals surface area contributed by atoms with Gasteiger partial charge >= 0.3 is 0 Å². The minimum Gasteiger partial charge on any atom is -0.487 e. The van der Waals surface area contributed by atoms with Crippen molar-refractivity contribution < 1.29 is 9.53 Å². The molecule has 0 bridgehead atoms. The van der Waals surface area contributed by atoms with E-state index < -0.39 is 0 Å². The van der Waals surface area contributed by atoms with Crippen molar-refractivity contribution in [3.63, 3.8) is 0 Å². The van der Waals surface area contributed by atoms with Crippen molar-refractivity contribution in [1.29, 1.82) is 0 Å². The van der Waals surface area contributed by atoms with E-state index in [0.29, 0.717) is 24.5 Å². The number of carbonyl (C=O) groups excluding carboxylic acids is 1. The summed E-state index contributed by atoms with van der Waals surface area (Å²) < 4.78 is 9.56. The normalized spacial score (nSPS) is 11.9. The van der Waals surface area contributed by atoms with Crippen LogP contribution in [0.4, 0.5) is 0 Å². The van der Waals surface area contributed by atoms with Gasteiger partial charge in [0.25, 0.3) is 5.91 Å². The average molecular weight is 438 g/mol. The monoisotopic (exact) mass is 438 g/mol. The summed E-state index contributed by atoms with van der Waals surface area (Å²) in [6.45, 7) is 0.783. The lowest BCUT2D eigenvalue weighted by Gasteiger charge is -2.19. The molecule has 33 heavy (non-hydrogen) atoms. The number of ether oxygens (including phenoxy) is 1. The van der Waals surface area contributed by atoms with Crippen LogP contribution in [0.5, 0.6) is 5.75 Å². The maximum atomic E-state index is 13.1. The summed E-state index contributed by atoms with van der Waals surface area (Å²) in [7, 11) is 0. The van der Waals surface area contributed by atoms with Gasteiger partial charge in [-0.1, -0.05) is 42.5 Å². The third-order valence-corrected chi connectivity index (χ3v) is 5.24. The van der Waals surface area contributed by atoms with Gasteiger partial charge in [0.05, 0.1) is 18.3 Å². The van der Waals surface area contributed by atoms with Crippen molar-refractivity contribution in [3.05, 3.63) is 115 Å². The molecule has 3 aromatic heterocycles. The molecule has 5 aromatic rings. The third-order valence-electron chi connectivity index (χ3n) is 5.24. The number of fused-ring (bicyclic) bond motifs is 1. The summed E-state index contributed by atoms with van der Waals surface area (Å²) in [6.07, 6.45) is 6.99. The molecular weight excluding hydrogens is 416 g/mol. The molecule has 0 aliphatic rings. The van der Waals surface area contributed by atoms with E-state index in [2.05, 4.69) is 20.4 Å². The second kappa shape index (κ2) is 9.35. The lowest BCUT2D eigenvalue weighted by atomic mass is 10.1. The molecule has 0 spiro atoms. The number of hydrogen-bond donors (Lipinski definition) is 1. The number of aromatic nitrogens is 5. The number of nitrogens with zero attached hydrogens (tertiary/aromatic N) is 5. The third kappa shape index (κ3) is 4.90. The minimum atomic E-state index is -0.261. The van der Waals surface area contributed by atoms with Crippen molar-refractivity contribution in [2.45, 2.75) is 19.2 Å². The van der Waals surface area contributed by atoms with E-state index in [-0.39, 0.29) is 11.9 Å². The molecule has 0 aliphatic carbocycles. The van der Waals surface area contributed by atoms with Gasteiger partial charge in [0.15, 0.2) is 0 Å². The van der Waals surface area contributed by atoms with E-state index in [1.165, 1.54) is 6.33 Å². The van der Waals surface area contributed by atoms with Crippen molar-refractivity contribution in [1.82, 2.24) is 29.5 Å². The van der Waals surface area contributed by atoms with E-state index in [9.17, 15) is 4.79 Å². The van der Waals surface area contributed by atoms with Gasteiger partial charge in [0.1, 0.15) is 30.7 Å². The highest BCUT2D eigenvalue weighted by Crippen LogP contribution is 2.19. The molecule has 164 valence electrons. The molecule has 1 unspecified atom stereocenters. The first-order chi connectivity index (χ1) is 16.2. The van der Waals surface area contributed by atoms with Gasteiger partial charge < -0.3 is 14.5 Å². The molecule has 0 saturated carbocycles. The molecule has 1 amide bonds. The quantitative estimate of drug-likeness (QED) is 0.399. The highest BCUT2D eigenvalue weighted by atomic mass is 16.5. The first-order valence-electron chi connectivity index (χ1n) is 10.6. The van der Waals surface area contributed by atoms with Crippen LogP contribution in [0.15, 0.2) is 97.8 Å². The fourth-order valence-corrected chi connectivity index (χ4v) is 3.62. The smallest absolute Gasteiger partial charge is 0.251 e. The summed E-state index contributed by atoms with van der Waals surface area (Å²) in [5, 5.41) is 7.28. The van der Waals surface area contributed by atoms with E-state index in [4.69, 9.17) is 4.74 Å². The van der Waals surface area contributed by atoms with Gasteiger partial charge in [0.2, 0.25) is 0 Å². The lowest BCUT2D eigenvalue weighted by Crippen LogP contribution is -2.31. The second-order valence-corrected chi connectivity index (χ2v) is 7.57. The number of hydrogen-bond acceptors (Lipinski definition) is 5. The molecule has 1 atom stereocenters. The van der Waals surface area contributed by atoms with Gasteiger partial charge in [-0.25, -0.2) is 9.97 Å². The van der Waals surface area contributed by atoms with E-state index >= 15 is 0 Å². The Labute approximate surface area is 190 Å². The summed E-state index contributed by atoms with van der Waals surface area (Å²) >= 11 is 0. The number of rotatable bonds is 8. The molecule has 1 N–H and O–H groups in total. The summed E-state index contributed by atoms with van der Waals surface area (Å²) in [6, 6.07) is 22.5. The van der Waals surface area contributed by atoms with Crippen LogP contribution in [0, 0.1) is 0 Å². The van der Waals surface area contributed by atoms with Crippen molar-refractivity contribution in [2.24, 2.45) is 0 Å². The fourth-order valence-electron chi connectivity index (χ4n) is 3.62. The van der Waals surface area contributed by atoms with E-state index in [1.54, 1.807) is 23.1 Å². The Kier molecular flexibility index (Phi) is 5.79. The van der Waals surface area contributed by atoms with Crippen molar-refractivity contribution in [2.75, 3.05) is 0 Å². The molecule has 0 saturated heterocycles. The SMILES string of the molecule is O=C(NC(Cn1cncn1)c1ccccc1)c1cccc(OCc2cn3ccccc3n2)c1. The molecule has 0 fully saturated rings. The van der Waals surface area contributed by atoms with Crippen LogP contribution < -0.4 is 10.1 Å². The average Bonchev–Trinajstić information content (AvgIpc) is 3.52. The first kappa shape index (κ1) is 20.4. The predicted octanol–water partition coefficient (Wildman–Crippen LogP) is 3.68. The Bertz CT molecular complexity index is 1310. The van der Waals surface area contributed by atoms with Crippen LogP contribution in [-0.4, -0.2) is 30.1 Å². The predicted molar refractivity (Wildman–Crippen MR) is 123 cm³/mol. The zero-order valence-electron chi connectivity index (χ0n) is 17.8. The Morgan fingerprint density at radius 1 is 1.03 bits per heavy atom. The summed E-state index contributed by atoms with van der Waals surface area (Å²) in [5.74, 6) is 0.411. The zero-order chi connectivity index (χ0) is 22.5. The number of benzene rings is 2. The molecule has 0 aliphatic heterocycles. The van der Waals surface area contributed by atoms with Crippen LogP contribution in [-0.2, 0) is 13.2 Å². The number of imidazole rings is 1. The van der Waals surface area contributed by atoms with Crippen LogP contribution in [0.1, 0.15) is 27.7 Å². The largest absolute Gasteiger partial charge is 0.487 e. The Hall–Kier alpha value is -4.46. The highest BCUT2D eigenvalue weighted by molar-refractivity contribution is 5.94. The maximum absolute atomic E-state index is 13.1. The highest BCUT2D eigenvalue weighted by Gasteiger charge is 2.17. The van der Waals surface area contributed by atoms with Crippen LogP contribution in [0.3, 0.4) is 0 Å². The molecule has 8 heteroatoms. The van der Waals surface area contributed by atoms with Crippen LogP contribution in [0.2, 0.25) is 0 Å².